The van der Waals surface area contributed by atoms with Crippen molar-refractivity contribution in [3.63, 3.8) is 0 Å². The van der Waals surface area contributed by atoms with Crippen molar-refractivity contribution < 1.29 is 4.74 Å². The van der Waals surface area contributed by atoms with Crippen molar-refractivity contribution in [2.75, 3.05) is 7.11 Å². The van der Waals surface area contributed by atoms with E-state index in [9.17, 15) is 0 Å². The van der Waals surface area contributed by atoms with Crippen LogP contribution >= 0.6 is 11.6 Å². The van der Waals surface area contributed by atoms with E-state index >= 15 is 0 Å². The molecule has 0 spiro atoms. The number of aromatic nitrogens is 4. The van der Waals surface area contributed by atoms with E-state index in [1.54, 1.807) is 24.1 Å². The van der Waals surface area contributed by atoms with Crippen molar-refractivity contribution >= 4 is 33.5 Å². The van der Waals surface area contributed by atoms with Gasteiger partial charge in [0, 0.05) is 28.7 Å². The SMILES string of the molecule is COc1cc(C)c2[nH]cc(Cl)c2c1Cn1cc2ccc(C#N)nc2n1. The number of fused-ring (bicyclic) bond motifs is 2. The van der Waals surface area contributed by atoms with Gasteiger partial charge >= 0.3 is 0 Å². The maximum atomic E-state index is 8.98. The van der Waals surface area contributed by atoms with Crippen LogP contribution in [0.4, 0.5) is 0 Å². The number of ether oxygens (including phenoxy) is 1. The summed E-state index contributed by atoms with van der Waals surface area (Å²) in [6, 6.07) is 7.54. The molecule has 0 radical (unpaired) electrons. The summed E-state index contributed by atoms with van der Waals surface area (Å²) in [6.07, 6.45) is 3.68. The third-order valence-electron chi connectivity index (χ3n) is 4.24. The Morgan fingerprint density at radius 2 is 2.24 bits per heavy atom. The summed E-state index contributed by atoms with van der Waals surface area (Å²) in [5.41, 5.74) is 3.89. The van der Waals surface area contributed by atoms with E-state index in [-0.39, 0.29) is 0 Å². The van der Waals surface area contributed by atoms with Gasteiger partial charge in [-0.3, -0.25) is 4.68 Å². The number of hydrogen-bond acceptors (Lipinski definition) is 4. The first-order chi connectivity index (χ1) is 12.1. The molecule has 0 aliphatic heterocycles. The second-order valence-electron chi connectivity index (χ2n) is 5.81. The van der Waals surface area contributed by atoms with Gasteiger partial charge in [0.05, 0.1) is 24.2 Å². The maximum absolute atomic E-state index is 8.98. The van der Waals surface area contributed by atoms with E-state index in [1.165, 1.54) is 0 Å². The Morgan fingerprint density at radius 1 is 1.40 bits per heavy atom. The molecule has 1 N–H and O–H groups in total. The molecule has 0 fully saturated rings. The van der Waals surface area contributed by atoms with Crippen molar-refractivity contribution in [2.24, 2.45) is 0 Å². The quantitative estimate of drug-likeness (QED) is 0.608. The summed E-state index contributed by atoms with van der Waals surface area (Å²) < 4.78 is 7.36. The van der Waals surface area contributed by atoms with Crippen LogP contribution in [0.1, 0.15) is 16.8 Å². The number of benzene rings is 1. The molecule has 25 heavy (non-hydrogen) atoms. The van der Waals surface area contributed by atoms with Crippen LogP contribution in [0.25, 0.3) is 21.9 Å². The fourth-order valence-corrected chi connectivity index (χ4v) is 3.34. The molecular weight excluding hydrogens is 338 g/mol. The third kappa shape index (κ3) is 2.49. The number of aromatic amines is 1. The number of pyridine rings is 1. The lowest BCUT2D eigenvalue weighted by Gasteiger charge is -2.12. The number of H-pyrrole nitrogens is 1. The molecule has 124 valence electrons. The Labute approximate surface area is 148 Å². The van der Waals surface area contributed by atoms with E-state index in [4.69, 9.17) is 21.6 Å². The zero-order chi connectivity index (χ0) is 17.6. The van der Waals surface area contributed by atoms with E-state index in [0.717, 1.165) is 33.2 Å². The van der Waals surface area contributed by atoms with Crippen LogP contribution < -0.4 is 4.74 Å². The van der Waals surface area contributed by atoms with Crippen molar-refractivity contribution in [1.82, 2.24) is 19.7 Å². The standard InChI is InChI=1S/C18H14ClN5O/c1-10-5-15(25-2)13(16-14(19)7-21-17(10)16)9-24-8-11-3-4-12(6-20)22-18(11)23-24/h3-5,7-8,21H,9H2,1-2H3. The number of nitriles is 1. The van der Waals surface area contributed by atoms with E-state index in [2.05, 4.69) is 15.1 Å². The maximum Gasteiger partial charge on any atom is 0.182 e. The molecule has 0 unspecified atom stereocenters. The van der Waals surface area contributed by atoms with E-state index in [0.29, 0.717) is 22.9 Å². The number of methoxy groups -OCH3 is 1. The average Bonchev–Trinajstić information content (AvgIpc) is 3.19. The van der Waals surface area contributed by atoms with Gasteiger partial charge in [-0.15, -0.1) is 0 Å². The molecule has 0 bridgehead atoms. The van der Waals surface area contributed by atoms with Gasteiger partial charge in [-0.2, -0.15) is 10.4 Å². The van der Waals surface area contributed by atoms with Gasteiger partial charge in [0.1, 0.15) is 17.5 Å². The predicted octanol–water partition coefficient (Wildman–Crippen LogP) is 3.80. The highest BCUT2D eigenvalue weighted by Gasteiger charge is 2.16. The van der Waals surface area contributed by atoms with Crippen molar-refractivity contribution in [3.05, 3.63) is 52.4 Å². The second-order valence-corrected chi connectivity index (χ2v) is 6.22. The van der Waals surface area contributed by atoms with E-state index in [1.807, 2.05) is 31.3 Å². The normalized spacial score (nSPS) is 11.1. The first-order valence-electron chi connectivity index (χ1n) is 7.68. The topological polar surface area (TPSA) is 79.5 Å². The highest BCUT2D eigenvalue weighted by atomic mass is 35.5. The number of halogens is 1. The van der Waals surface area contributed by atoms with Crippen LogP contribution in [-0.2, 0) is 6.54 Å². The zero-order valence-electron chi connectivity index (χ0n) is 13.7. The van der Waals surface area contributed by atoms with Gasteiger partial charge < -0.3 is 9.72 Å². The lowest BCUT2D eigenvalue weighted by Crippen LogP contribution is -2.04. The summed E-state index contributed by atoms with van der Waals surface area (Å²) in [5, 5.41) is 15.9. The molecule has 0 saturated heterocycles. The summed E-state index contributed by atoms with van der Waals surface area (Å²) in [7, 11) is 1.64. The molecule has 3 aromatic heterocycles. The van der Waals surface area contributed by atoms with Crippen LogP contribution in [0.2, 0.25) is 5.02 Å². The Kier molecular flexibility index (Phi) is 3.59. The Bertz CT molecular complexity index is 1150. The molecule has 7 heteroatoms. The molecule has 4 rings (SSSR count). The van der Waals surface area contributed by atoms with E-state index < -0.39 is 0 Å². The minimum absolute atomic E-state index is 0.349. The van der Waals surface area contributed by atoms with Gasteiger partial charge in [-0.25, -0.2) is 4.98 Å². The monoisotopic (exact) mass is 351 g/mol. The molecule has 0 aliphatic carbocycles. The van der Waals surface area contributed by atoms with Gasteiger partial charge in [0.15, 0.2) is 5.65 Å². The number of nitrogens with zero attached hydrogens (tertiary/aromatic N) is 4. The second kappa shape index (κ2) is 5.80. The molecule has 6 nitrogen and oxygen atoms in total. The minimum atomic E-state index is 0.349. The lowest BCUT2D eigenvalue weighted by molar-refractivity contribution is 0.408. The molecule has 1 aromatic carbocycles. The molecule has 0 aliphatic rings. The molecule has 4 aromatic rings. The zero-order valence-corrected chi connectivity index (χ0v) is 14.4. The molecule has 0 saturated carbocycles. The Balaban J connectivity index is 1.87. The first kappa shape index (κ1) is 15.5. The third-order valence-corrected chi connectivity index (χ3v) is 4.54. The highest BCUT2D eigenvalue weighted by molar-refractivity contribution is 6.36. The fraction of sp³-hybridized carbons (Fsp3) is 0.167. The number of rotatable bonds is 3. The van der Waals surface area contributed by atoms with Crippen molar-refractivity contribution in [2.45, 2.75) is 13.5 Å². The Hall–Kier alpha value is -3.04. The van der Waals surface area contributed by atoms with Gasteiger partial charge in [0.2, 0.25) is 0 Å². The number of nitrogens with one attached hydrogen (secondary N) is 1. The van der Waals surface area contributed by atoms with Gasteiger partial charge in [-0.1, -0.05) is 11.6 Å². The highest BCUT2D eigenvalue weighted by Crippen LogP contribution is 2.35. The van der Waals surface area contributed by atoms with Crippen LogP contribution in [0.3, 0.4) is 0 Å². The summed E-state index contributed by atoms with van der Waals surface area (Å²) in [6.45, 7) is 2.49. The van der Waals surface area contributed by atoms with Crippen molar-refractivity contribution in [1.29, 1.82) is 5.26 Å². The fourth-order valence-electron chi connectivity index (χ4n) is 3.08. The Morgan fingerprint density at radius 3 is 3.00 bits per heavy atom. The number of hydrogen-bond donors (Lipinski definition) is 1. The first-order valence-corrected chi connectivity index (χ1v) is 8.06. The lowest BCUT2D eigenvalue weighted by atomic mass is 10.0. The molecule has 0 amide bonds. The summed E-state index contributed by atoms with van der Waals surface area (Å²) in [4.78, 5) is 7.44. The van der Waals surface area contributed by atoms with Gasteiger partial charge in [0.25, 0.3) is 0 Å². The molecule has 3 heterocycles. The van der Waals surface area contributed by atoms with Gasteiger partial charge in [-0.05, 0) is 30.7 Å². The van der Waals surface area contributed by atoms with Crippen LogP contribution in [0.15, 0.2) is 30.6 Å². The molecule has 0 atom stereocenters. The van der Waals surface area contributed by atoms with Crippen LogP contribution in [0.5, 0.6) is 5.75 Å². The summed E-state index contributed by atoms with van der Waals surface area (Å²) in [5.74, 6) is 0.761. The molecular formula is C18H14ClN5O. The van der Waals surface area contributed by atoms with Crippen LogP contribution in [-0.4, -0.2) is 26.9 Å². The number of aryl methyl sites for hydroxylation is 1. The predicted molar refractivity (Wildman–Crippen MR) is 95.9 cm³/mol. The smallest absolute Gasteiger partial charge is 0.182 e. The van der Waals surface area contributed by atoms with Crippen LogP contribution in [0, 0.1) is 18.3 Å². The minimum Gasteiger partial charge on any atom is -0.496 e. The largest absolute Gasteiger partial charge is 0.496 e. The average molecular weight is 352 g/mol. The summed E-state index contributed by atoms with van der Waals surface area (Å²) >= 11 is 6.40. The van der Waals surface area contributed by atoms with Crippen molar-refractivity contribution in [3.8, 4) is 11.8 Å².